The van der Waals surface area contributed by atoms with Crippen molar-refractivity contribution in [1.29, 1.82) is 0 Å². The molecular formula is C20H22LiNO4S. The summed E-state index contributed by atoms with van der Waals surface area (Å²) in [6.45, 7) is 2.62. The minimum Gasteiger partial charge on any atom is -0.548 e. The standard InChI is InChI=1S/C20H23NO4S.Li/c1-2-12-25-17-10-8-16(9-11-17)19(22)21-18(20(23)24)14-26-13-15-6-4-3-5-7-15;/h3-11,18H,2,12-14H2,1H3,(H,21,22)(H,23,24);/q;+1/p-1. The molecule has 2 aromatic rings. The Labute approximate surface area is 176 Å². The Bertz CT molecular complexity index is 710. The molecule has 0 aromatic heterocycles. The van der Waals surface area contributed by atoms with Gasteiger partial charge in [-0.25, -0.2) is 0 Å². The zero-order chi connectivity index (χ0) is 18.8. The molecule has 0 bridgehead atoms. The monoisotopic (exact) mass is 379 g/mol. The molecule has 0 radical (unpaired) electrons. The van der Waals surface area contributed by atoms with Crippen molar-refractivity contribution in [1.82, 2.24) is 5.32 Å². The van der Waals surface area contributed by atoms with E-state index in [0.29, 0.717) is 23.7 Å². The van der Waals surface area contributed by atoms with E-state index in [4.69, 9.17) is 4.74 Å². The SMILES string of the molecule is CCCOc1ccc(C(=O)NC(CSCc2ccccc2)C(=O)[O-])cc1.[Li+]. The molecule has 27 heavy (non-hydrogen) atoms. The van der Waals surface area contributed by atoms with Crippen molar-refractivity contribution in [3.8, 4) is 5.75 Å². The van der Waals surface area contributed by atoms with E-state index in [2.05, 4.69) is 5.32 Å². The summed E-state index contributed by atoms with van der Waals surface area (Å²) in [5, 5.41) is 13.8. The average molecular weight is 379 g/mol. The summed E-state index contributed by atoms with van der Waals surface area (Å²) in [5.41, 5.74) is 1.48. The van der Waals surface area contributed by atoms with Gasteiger partial charge in [0.2, 0.25) is 0 Å². The first kappa shape index (κ1) is 23.2. The third-order valence-corrected chi connectivity index (χ3v) is 4.68. The van der Waals surface area contributed by atoms with Crippen molar-refractivity contribution in [3.63, 3.8) is 0 Å². The molecule has 0 aliphatic heterocycles. The fourth-order valence-corrected chi connectivity index (χ4v) is 3.20. The number of thioether (sulfide) groups is 1. The molecule has 1 atom stereocenters. The molecule has 1 N–H and O–H groups in total. The van der Waals surface area contributed by atoms with Crippen LogP contribution in [-0.2, 0) is 10.5 Å². The summed E-state index contributed by atoms with van der Waals surface area (Å²) >= 11 is 1.44. The molecule has 0 saturated carbocycles. The molecule has 7 heteroatoms. The van der Waals surface area contributed by atoms with Gasteiger partial charge in [-0.05, 0) is 36.2 Å². The van der Waals surface area contributed by atoms with Crippen molar-refractivity contribution in [2.24, 2.45) is 0 Å². The Morgan fingerprint density at radius 1 is 1.11 bits per heavy atom. The van der Waals surface area contributed by atoms with Crippen LogP contribution in [0.3, 0.4) is 0 Å². The molecular weight excluding hydrogens is 357 g/mol. The second-order valence-electron chi connectivity index (χ2n) is 5.72. The maximum Gasteiger partial charge on any atom is 1.00 e. The van der Waals surface area contributed by atoms with Gasteiger partial charge in [-0.2, -0.15) is 11.8 Å². The van der Waals surface area contributed by atoms with Crippen LogP contribution in [0, 0.1) is 0 Å². The maximum absolute atomic E-state index is 12.3. The Hall–Kier alpha value is -1.87. The molecule has 0 fully saturated rings. The molecule has 2 aromatic carbocycles. The smallest absolute Gasteiger partial charge is 0.548 e. The van der Waals surface area contributed by atoms with Gasteiger partial charge in [0.05, 0.1) is 18.6 Å². The Morgan fingerprint density at radius 3 is 2.37 bits per heavy atom. The molecule has 0 heterocycles. The van der Waals surface area contributed by atoms with Crippen LogP contribution < -0.4 is 34.0 Å². The number of benzene rings is 2. The van der Waals surface area contributed by atoms with Crippen molar-refractivity contribution in [2.75, 3.05) is 12.4 Å². The zero-order valence-corrected chi connectivity index (χ0v) is 16.5. The Morgan fingerprint density at radius 2 is 1.78 bits per heavy atom. The number of carboxylic acid groups (broad SMARTS) is 1. The number of carboxylic acids is 1. The van der Waals surface area contributed by atoms with Crippen LogP contribution in [0.2, 0.25) is 0 Å². The van der Waals surface area contributed by atoms with Crippen molar-refractivity contribution >= 4 is 23.6 Å². The summed E-state index contributed by atoms with van der Waals surface area (Å²) in [6, 6.07) is 15.3. The number of aliphatic carboxylic acids is 1. The quantitative estimate of drug-likeness (QED) is 0.551. The second kappa shape index (κ2) is 12.5. The van der Waals surface area contributed by atoms with E-state index in [-0.39, 0.29) is 24.6 Å². The number of carbonyl (C=O) groups is 2. The fourth-order valence-electron chi connectivity index (χ4n) is 2.20. The van der Waals surface area contributed by atoms with Crippen LogP contribution >= 0.6 is 11.8 Å². The predicted molar refractivity (Wildman–Crippen MR) is 101 cm³/mol. The van der Waals surface area contributed by atoms with E-state index in [9.17, 15) is 14.7 Å². The first-order valence-corrected chi connectivity index (χ1v) is 9.62. The molecule has 0 aliphatic carbocycles. The minimum atomic E-state index is -1.29. The molecule has 0 spiro atoms. The minimum absolute atomic E-state index is 0. The van der Waals surface area contributed by atoms with Gasteiger partial charge in [-0.15, -0.1) is 0 Å². The van der Waals surface area contributed by atoms with Gasteiger partial charge in [0.1, 0.15) is 5.75 Å². The van der Waals surface area contributed by atoms with Crippen LogP contribution in [0.15, 0.2) is 54.6 Å². The fraction of sp³-hybridized carbons (Fsp3) is 0.300. The third-order valence-electron chi connectivity index (χ3n) is 3.58. The van der Waals surface area contributed by atoms with E-state index >= 15 is 0 Å². The molecule has 0 aliphatic rings. The van der Waals surface area contributed by atoms with Crippen LogP contribution in [-0.4, -0.2) is 30.3 Å². The molecule has 2 rings (SSSR count). The van der Waals surface area contributed by atoms with E-state index in [1.54, 1.807) is 24.3 Å². The predicted octanol–water partition coefficient (Wildman–Crippen LogP) is -0.739. The Balaban J connectivity index is 0.00000364. The number of ether oxygens (including phenoxy) is 1. The molecule has 138 valence electrons. The summed E-state index contributed by atoms with van der Waals surface area (Å²) in [6.07, 6.45) is 0.899. The van der Waals surface area contributed by atoms with E-state index in [1.807, 2.05) is 37.3 Å². The van der Waals surface area contributed by atoms with E-state index < -0.39 is 17.9 Å². The van der Waals surface area contributed by atoms with Crippen molar-refractivity contribution in [2.45, 2.75) is 25.1 Å². The van der Waals surface area contributed by atoms with Crippen LogP contribution in [0.4, 0.5) is 0 Å². The number of nitrogens with one attached hydrogen (secondary N) is 1. The molecule has 1 amide bonds. The maximum atomic E-state index is 12.3. The number of hydrogen-bond acceptors (Lipinski definition) is 5. The second-order valence-corrected chi connectivity index (χ2v) is 6.75. The van der Waals surface area contributed by atoms with Crippen molar-refractivity contribution < 1.29 is 38.3 Å². The van der Waals surface area contributed by atoms with Gasteiger partial charge in [-0.3, -0.25) is 4.79 Å². The van der Waals surface area contributed by atoms with Crippen molar-refractivity contribution in [3.05, 3.63) is 65.7 Å². The van der Waals surface area contributed by atoms with Gasteiger partial charge in [0.15, 0.2) is 0 Å². The zero-order valence-electron chi connectivity index (χ0n) is 15.6. The normalized spacial score (nSPS) is 11.1. The molecule has 5 nitrogen and oxygen atoms in total. The molecule has 1 unspecified atom stereocenters. The number of carbonyl (C=O) groups excluding carboxylic acids is 2. The van der Waals surface area contributed by atoms with Gasteiger partial charge in [0, 0.05) is 17.1 Å². The van der Waals surface area contributed by atoms with Crippen LogP contribution in [0.25, 0.3) is 0 Å². The first-order chi connectivity index (χ1) is 12.6. The van der Waals surface area contributed by atoms with E-state index in [1.165, 1.54) is 11.8 Å². The number of amides is 1. The van der Waals surface area contributed by atoms with Gasteiger partial charge >= 0.3 is 18.9 Å². The summed E-state index contributed by atoms with van der Waals surface area (Å²) < 4.78 is 5.47. The third kappa shape index (κ3) is 8.13. The summed E-state index contributed by atoms with van der Waals surface area (Å²) in [5.74, 6) is -0.147. The van der Waals surface area contributed by atoms with Gasteiger partial charge in [-0.1, -0.05) is 37.3 Å². The van der Waals surface area contributed by atoms with Crippen LogP contribution in [0.5, 0.6) is 5.75 Å². The van der Waals surface area contributed by atoms with E-state index in [0.717, 1.165) is 12.0 Å². The topological polar surface area (TPSA) is 78.5 Å². The number of hydrogen-bond donors (Lipinski definition) is 1. The first-order valence-electron chi connectivity index (χ1n) is 8.46. The summed E-state index contributed by atoms with van der Waals surface area (Å²) in [7, 11) is 0. The summed E-state index contributed by atoms with van der Waals surface area (Å²) in [4.78, 5) is 23.6. The average Bonchev–Trinajstić information content (AvgIpc) is 2.66. The van der Waals surface area contributed by atoms with Gasteiger partial charge < -0.3 is 20.0 Å². The van der Waals surface area contributed by atoms with Crippen LogP contribution in [0.1, 0.15) is 29.3 Å². The Kier molecular flexibility index (Phi) is 10.7. The molecule has 0 saturated heterocycles. The largest absolute Gasteiger partial charge is 1.00 e. The number of rotatable bonds is 10. The van der Waals surface area contributed by atoms with Gasteiger partial charge in [0.25, 0.3) is 5.91 Å².